The average Bonchev–Trinajstić information content (AvgIpc) is 3.23. The lowest BCUT2D eigenvalue weighted by molar-refractivity contribution is -0.137. The normalized spacial score (nSPS) is 20.3. The first-order valence-electron chi connectivity index (χ1n) is 12.8. The molecule has 7 heteroatoms. The maximum Gasteiger partial charge on any atom is 0.416 e. The van der Waals surface area contributed by atoms with Crippen LogP contribution in [0, 0.1) is 11.3 Å². The summed E-state index contributed by atoms with van der Waals surface area (Å²) >= 11 is 0. The van der Waals surface area contributed by atoms with Gasteiger partial charge in [0.2, 0.25) is 0 Å². The molecule has 3 aromatic carbocycles. The summed E-state index contributed by atoms with van der Waals surface area (Å²) in [5.74, 6) is -0.0348. The van der Waals surface area contributed by atoms with Crippen molar-refractivity contribution in [1.29, 1.82) is 5.26 Å². The molecule has 2 unspecified atom stereocenters. The molecule has 1 saturated heterocycles. The number of alkyl halides is 3. The quantitative estimate of drug-likeness (QED) is 0.363. The molecule has 2 atom stereocenters. The van der Waals surface area contributed by atoms with Crippen molar-refractivity contribution in [3.05, 3.63) is 101 Å². The molecule has 2 bridgehead atoms. The SMILES string of the molecule is N#Cc1cc(C(F)(F)F)ccc1C1=CC2CCCC(C1)N2C(=O)OCC1c2ccccc2-c2ccccc21. The van der Waals surface area contributed by atoms with Crippen LogP contribution >= 0.6 is 0 Å². The second-order valence-electron chi connectivity index (χ2n) is 10.1. The fourth-order valence-electron chi connectivity index (χ4n) is 6.28. The molecule has 6 rings (SSSR count). The Hall–Kier alpha value is -4.05. The molecule has 0 N–H and O–H groups in total. The molecule has 1 fully saturated rings. The highest BCUT2D eigenvalue weighted by molar-refractivity contribution is 5.80. The Morgan fingerprint density at radius 1 is 0.974 bits per heavy atom. The van der Waals surface area contributed by atoms with Gasteiger partial charge >= 0.3 is 12.3 Å². The van der Waals surface area contributed by atoms with E-state index in [2.05, 4.69) is 24.3 Å². The zero-order chi connectivity index (χ0) is 26.4. The van der Waals surface area contributed by atoms with Gasteiger partial charge in [0.25, 0.3) is 0 Å². The number of fused-ring (bicyclic) bond motifs is 5. The van der Waals surface area contributed by atoms with Crippen LogP contribution in [0.2, 0.25) is 0 Å². The van der Waals surface area contributed by atoms with Crippen LogP contribution in [0.5, 0.6) is 0 Å². The van der Waals surface area contributed by atoms with Crippen LogP contribution in [0.3, 0.4) is 0 Å². The molecule has 3 aliphatic rings. The van der Waals surface area contributed by atoms with Crippen molar-refractivity contribution in [3.8, 4) is 17.2 Å². The molecule has 4 nitrogen and oxygen atoms in total. The minimum absolute atomic E-state index is 0.00117. The molecular weight excluding hydrogens is 489 g/mol. The third-order valence-corrected chi connectivity index (χ3v) is 8.00. The zero-order valence-corrected chi connectivity index (χ0v) is 20.5. The van der Waals surface area contributed by atoms with Gasteiger partial charge in [-0.1, -0.05) is 60.7 Å². The molecule has 0 saturated carbocycles. The smallest absolute Gasteiger partial charge is 0.416 e. The van der Waals surface area contributed by atoms with E-state index < -0.39 is 11.7 Å². The van der Waals surface area contributed by atoms with E-state index in [0.717, 1.165) is 59.2 Å². The van der Waals surface area contributed by atoms with Crippen LogP contribution in [0.25, 0.3) is 16.7 Å². The Labute approximate surface area is 219 Å². The summed E-state index contributed by atoms with van der Waals surface area (Å²) in [4.78, 5) is 15.2. The van der Waals surface area contributed by atoms with E-state index in [1.807, 2.05) is 36.4 Å². The van der Waals surface area contributed by atoms with Crippen LogP contribution < -0.4 is 0 Å². The molecule has 2 aliphatic heterocycles. The average molecular weight is 515 g/mol. The number of amides is 1. The van der Waals surface area contributed by atoms with Gasteiger partial charge in [-0.2, -0.15) is 18.4 Å². The van der Waals surface area contributed by atoms with Crippen molar-refractivity contribution in [2.45, 2.75) is 49.9 Å². The predicted molar refractivity (Wildman–Crippen MR) is 137 cm³/mol. The molecule has 2 heterocycles. The number of hydrogen-bond acceptors (Lipinski definition) is 3. The van der Waals surface area contributed by atoms with Gasteiger partial charge in [-0.15, -0.1) is 0 Å². The van der Waals surface area contributed by atoms with Crippen molar-refractivity contribution in [2.75, 3.05) is 6.61 Å². The Kier molecular flexibility index (Phi) is 5.98. The number of hydrogen-bond donors (Lipinski definition) is 0. The lowest BCUT2D eigenvalue weighted by Gasteiger charge is -2.44. The topological polar surface area (TPSA) is 53.3 Å². The summed E-state index contributed by atoms with van der Waals surface area (Å²) in [6.07, 6.45) is -0.00805. The van der Waals surface area contributed by atoms with Gasteiger partial charge in [0.15, 0.2) is 0 Å². The minimum Gasteiger partial charge on any atom is -0.448 e. The number of rotatable bonds is 3. The fourth-order valence-corrected chi connectivity index (χ4v) is 6.28. The van der Waals surface area contributed by atoms with E-state index in [9.17, 15) is 23.2 Å². The molecule has 1 amide bonds. The summed E-state index contributed by atoms with van der Waals surface area (Å²) in [7, 11) is 0. The Bertz CT molecular complexity index is 1440. The van der Waals surface area contributed by atoms with Crippen molar-refractivity contribution in [3.63, 3.8) is 0 Å². The van der Waals surface area contributed by atoms with Crippen LogP contribution in [0.4, 0.5) is 18.0 Å². The first-order valence-corrected chi connectivity index (χ1v) is 12.8. The third kappa shape index (κ3) is 4.14. The highest BCUT2D eigenvalue weighted by Crippen LogP contribution is 2.45. The van der Waals surface area contributed by atoms with Crippen molar-refractivity contribution in [1.82, 2.24) is 4.90 Å². The van der Waals surface area contributed by atoms with E-state index in [1.54, 1.807) is 4.90 Å². The van der Waals surface area contributed by atoms with E-state index in [1.165, 1.54) is 6.07 Å². The Morgan fingerprint density at radius 3 is 2.29 bits per heavy atom. The van der Waals surface area contributed by atoms with Crippen molar-refractivity contribution >= 4 is 11.7 Å². The summed E-state index contributed by atoms with van der Waals surface area (Å²) < 4.78 is 45.5. The molecule has 192 valence electrons. The number of nitriles is 1. The second kappa shape index (κ2) is 9.36. The van der Waals surface area contributed by atoms with Gasteiger partial charge in [0.05, 0.1) is 23.2 Å². The number of carbonyl (C=O) groups is 1. The summed E-state index contributed by atoms with van der Waals surface area (Å²) in [5, 5.41) is 9.57. The largest absolute Gasteiger partial charge is 0.448 e. The number of carbonyl (C=O) groups excluding carboxylic acids is 1. The lowest BCUT2D eigenvalue weighted by atomic mass is 9.82. The Balaban J connectivity index is 1.23. The van der Waals surface area contributed by atoms with E-state index in [4.69, 9.17) is 4.74 Å². The monoisotopic (exact) mass is 514 g/mol. The maximum absolute atomic E-state index is 13.4. The van der Waals surface area contributed by atoms with E-state index >= 15 is 0 Å². The maximum atomic E-state index is 13.4. The van der Waals surface area contributed by atoms with E-state index in [-0.39, 0.29) is 36.3 Å². The van der Waals surface area contributed by atoms with Crippen LogP contribution in [-0.4, -0.2) is 29.7 Å². The minimum atomic E-state index is -4.51. The summed E-state index contributed by atoms with van der Waals surface area (Å²) in [6.45, 7) is 0.233. The van der Waals surface area contributed by atoms with Gasteiger partial charge in [0, 0.05) is 12.0 Å². The molecule has 0 aromatic heterocycles. The van der Waals surface area contributed by atoms with Gasteiger partial charge in [0.1, 0.15) is 6.61 Å². The van der Waals surface area contributed by atoms with Gasteiger partial charge in [-0.3, -0.25) is 4.90 Å². The zero-order valence-electron chi connectivity index (χ0n) is 20.5. The van der Waals surface area contributed by atoms with Gasteiger partial charge in [-0.05, 0) is 71.2 Å². The van der Waals surface area contributed by atoms with Crippen LogP contribution in [0.15, 0.2) is 72.8 Å². The van der Waals surface area contributed by atoms with Crippen molar-refractivity contribution < 1.29 is 22.7 Å². The molecule has 38 heavy (non-hydrogen) atoms. The van der Waals surface area contributed by atoms with Crippen molar-refractivity contribution in [2.24, 2.45) is 0 Å². The predicted octanol–water partition coefficient (Wildman–Crippen LogP) is 7.54. The van der Waals surface area contributed by atoms with Gasteiger partial charge in [-0.25, -0.2) is 4.79 Å². The molecular formula is C31H25F3N2O2. The molecule has 1 aliphatic carbocycles. The lowest BCUT2D eigenvalue weighted by Crippen LogP contribution is -2.51. The highest BCUT2D eigenvalue weighted by Gasteiger charge is 2.40. The summed E-state index contributed by atoms with van der Waals surface area (Å²) in [6, 6.07) is 21.2. The first kappa shape index (κ1) is 24.3. The number of nitrogens with zero attached hydrogens (tertiary/aromatic N) is 2. The number of ether oxygens (including phenoxy) is 1. The summed E-state index contributed by atoms with van der Waals surface area (Å²) in [5.41, 5.74) is 5.10. The van der Waals surface area contributed by atoms with Gasteiger partial charge < -0.3 is 4.74 Å². The molecule has 0 radical (unpaired) electrons. The first-order chi connectivity index (χ1) is 18.3. The molecule has 3 aromatic rings. The standard InChI is InChI=1S/C31H25F3N2O2/c32-31(33,34)21-12-13-24(20(14-21)17-35)19-15-22-6-5-7-23(16-19)36(22)30(37)38-18-29-27-10-3-1-8-25(27)26-9-2-4-11-28(26)29/h1-4,8-15,22-23,29H,5-7,16,18H2. The number of piperidine rings is 1. The number of halogens is 3. The second-order valence-corrected chi connectivity index (χ2v) is 10.1. The number of benzene rings is 3. The molecule has 0 spiro atoms. The van der Waals surface area contributed by atoms with Crippen LogP contribution in [0.1, 0.15) is 59.4 Å². The Morgan fingerprint density at radius 2 is 1.66 bits per heavy atom. The van der Waals surface area contributed by atoms with Crippen LogP contribution in [-0.2, 0) is 10.9 Å². The fraction of sp³-hybridized carbons (Fsp3) is 0.290. The van der Waals surface area contributed by atoms with E-state index in [0.29, 0.717) is 12.0 Å². The third-order valence-electron chi connectivity index (χ3n) is 8.00. The highest BCUT2D eigenvalue weighted by atomic mass is 19.4.